The van der Waals surface area contributed by atoms with Gasteiger partial charge in [0.25, 0.3) is 11.6 Å². The standard InChI is InChI=1S/C13H12N4O3/c1-9-4-2-3-5-11(9)13(18)16-15-12-7-6-10(8-14-12)17(19)20/h2-8H,1H3,(H,14,15)(H,16,18). The molecule has 7 nitrogen and oxygen atoms in total. The Morgan fingerprint density at radius 1 is 1.25 bits per heavy atom. The Morgan fingerprint density at radius 2 is 2.00 bits per heavy atom. The van der Waals surface area contributed by atoms with Crippen molar-refractivity contribution in [2.24, 2.45) is 0 Å². The fraction of sp³-hybridized carbons (Fsp3) is 0.0769. The average molecular weight is 272 g/mol. The number of benzene rings is 1. The number of rotatable bonds is 4. The van der Waals surface area contributed by atoms with Crippen molar-refractivity contribution in [3.05, 3.63) is 63.8 Å². The van der Waals surface area contributed by atoms with E-state index in [1.165, 1.54) is 12.1 Å². The van der Waals surface area contributed by atoms with E-state index in [0.717, 1.165) is 11.8 Å². The smallest absolute Gasteiger partial charge is 0.282 e. The van der Waals surface area contributed by atoms with Crippen molar-refractivity contribution in [3.63, 3.8) is 0 Å². The van der Waals surface area contributed by atoms with Crippen molar-refractivity contribution in [3.8, 4) is 0 Å². The van der Waals surface area contributed by atoms with Gasteiger partial charge in [0.2, 0.25) is 0 Å². The zero-order valence-electron chi connectivity index (χ0n) is 10.7. The van der Waals surface area contributed by atoms with E-state index in [0.29, 0.717) is 11.4 Å². The molecule has 1 heterocycles. The molecule has 1 amide bonds. The van der Waals surface area contributed by atoms with E-state index in [4.69, 9.17) is 0 Å². The Balaban J connectivity index is 2.00. The van der Waals surface area contributed by atoms with Gasteiger partial charge in [0.1, 0.15) is 12.0 Å². The van der Waals surface area contributed by atoms with Crippen molar-refractivity contribution in [1.82, 2.24) is 10.4 Å². The van der Waals surface area contributed by atoms with Gasteiger partial charge in [0.05, 0.1) is 4.92 Å². The highest BCUT2D eigenvalue weighted by molar-refractivity contribution is 5.96. The van der Waals surface area contributed by atoms with Crippen LogP contribution in [0.1, 0.15) is 15.9 Å². The van der Waals surface area contributed by atoms with Gasteiger partial charge in [-0.1, -0.05) is 18.2 Å². The zero-order chi connectivity index (χ0) is 14.5. The Labute approximate surface area is 114 Å². The van der Waals surface area contributed by atoms with Crippen LogP contribution >= 0.6 is 0 Å². The molecule has 0 saturated carbocycles. The number of aryl methyl sites for hydroxylation is 1. The maximum absolute atomic E-state index is 11.9. The van der Waals surface area contributed by atoms with Crippen molar-refractivity contribution >= 4 is 17.4 Å². The van der Waals surface area contributed by atoms with Crippen molar-refractivity contribution in [2.75, 3.05) is 5.43 Å². The van der Waals surface area contributed by atoms with Crippen molar-refractivity contribution < 1.29 is 9.72 Å². The van der Waals surface area contributed by atoms with E-state index >= 15 is 0 Å². The number of pyridine rings is 1. The number of nitro groups is 1. The van der Waals surface area contributed by atoms with E-state index in [1.807, 2.05) is 19.1 Å². The molecule has 0 aliphatic carbocycles. The van der Waals surface area contributed by atoms with Gasteiger partial charge in [-0.3, -0.25) is 25.8 Å². The highest BCUT2D eigenvalue weighted by Gasteiger charge is 2.08. The summed E-state index contributed by atoms with van der Waals surface area (Å²) in [6.07, 6.45) is 1.11. The molecule has 0 saturated heterocycles. The Morgan fingerprint density at radius 3 is 2.60 bits per heavy atom. The summed E-state index contributed by atoms with van der Waals surface area (Å²) < 4.78 is 0. The predicted octanol–water partition coefficient (Wildman–Crippen LogP) is 2.06. The Hall–Kier alpha value is -2.96. The first kappa shape index (κ1) is 13.5. The van der Waals surface area contributed by atoms with Gasteiger partial charge in [-0.15, -0.1) is 0 Å². The van der Waals surface area contributed by atoms with Gasteiger partial charge in [-0.05, 0) is 24.6 Å². The minimum Gasteiger partial charge on any atom is -0.282 e. The van der Waals surface area contributed by atoms with E-state index < -0.39 is 4.92 Å². The van der Waals surface area contributed by atoms with E-state index in [-0.39, 0.29) is 11.6 Å². The second-order valence-electron chi connectivity index (χ2n) is 4.05. The molecule has 1 aromatic heterocycles. The molecule has 1 aromatic carbocycles. The number of hydrazine groups is 1. The second kappa shape index (κ2) is 5.79. The molecule has 0 radical (unpaired) electrons. The van der Waals surface area contributed by atoms with E-state index in [9.17, 15) is 14.9 Å². The number of anilines is 1. The number of nitrogens with zero attached hydrogens (tertiary/aromatic N) is 2. The SMILES string of the molecule is Cc1ccccc1C(=O)NNc1ccc([N+](=O)[O-])cn1. The number of amides is 1. The summed E-state index contributed by atoms with van der Waals surface area (Å²) in [5.41, 5.74) is 6.37. The van der Waals surface area contributed by atoms with Crippen LogP contribution in [-0.2, 0) is 0 Å². The van der Waals surface area contributed by atoms with Gasteiger partial charge < -0.3 is 0 Å². The number of hydrogen-bond donors (Lipinski definition) is 2. The zero-order valence-corrected chi connectivity index (χ0v) is 10.7. The van der Waals surface area contributed by atoms with Gasteiger partial charge in [-0.2, -0.15) is 0 Å². The molecule has 0 fully saturated rings. The maximum Gasteiger partial charge on any atom is 0.287 e. The van der Waals surface area contributed by atoms with Gasteiger partial charge >= 0.3 is 0 Å². The lowest BCUT2D eigenvalue weighted by atomic mass is 10.1. The van der Waals surface area contributed by atoms with Crippen molar-refractivity contribution in [2.45, 2.75) is 6.92 Å². The number of aromatic nitrogens is 1. The molecule has 102 valence electrons. The number of carbonyl (C=O) groups excluding carboxylic acids is 1. The molecule has 0 spiro atoms. The van der Waals surface area contributed by atoms with Crippen LogP contribution in [0.15, 0.2) is 42.6 Å². The molecule has 0 unspecified atom stereocenters. The number of carbonyl (C=O) groups is 1. The first-order chi connectivity index (χ1) is 9.58. The molecule has 0 atom stereocenters. The fourth-order valence-corrected chi connectivity index (χ4v) is 1.58. The summed E-state index contributed by atoms with van der Waals surface area (Å²) in [6.45, 7) is 1.83. The van der Waals surface area contributed by atoms with Crippen LogP contribution in [0.5, 0.6) is 0 Å². The quantitative estimate of drug-likeness (QED) is 0.655. The fourth-order valence-electron chi connectivity index (χ4n) is 1.58. The maximum atomic E-state index is 11.9. The molecule has 0 aliphatic rings. The first-order valence-electron chi connectivity index (χ1n) is 5.80. The normalized spacial score (nSPS) is 9.85. The molecule has 7 heteroatoms. The molecule has 20 heavy (non-hydrogen) atoms. The van der Waals surface area contributed by atoms with Gasteiger partial charge in [0, 0.05) is 11.6 Å². The molecule has 2 aromatic rings. The first-order valence-corrected chi connectivity index (χ1v) is 5.80. The Kier molecular flexibility index (Phi) is 3.90. The lowest BCUT2D eigenvalue weighted by Crippen LogP contribution is -2.30. The lowest BCUT2D eigenvalue weighted by Gasteiger charge is -2.09. The number of hydrogen-bond acceptors (Lipinski definition) is 5. The summed E-state index contributed by atoms with van der Waals surface area (Å²) in [7, 11) is 0. The van der Waals surface area contributed by atoms with Crippen LogP contribution in [0.2, 0.25) is 0 Å². The van der Waals surface area contributed by atoms with E-state index in [2.05, 4.69) is 15.8 Å². The monoisotopic (exact) mass is 272 g/mol. The molecule has 2 rings (SSSR count). The average Bonchev–Trinajstić information content (AvgIpc) is 2.45. The highest BCUT2D eigenvalue weighted by Crippen LogP contribution is 2.11. The predicted molar refractivity (Wildman–Crippen MR) is 73.2 cm³/mol. The summed E-state index contributed by atoms with van der Waals surface area (Å²) in [4.78, 5) is 25.7. The number of nitrogens with one attached hydrogen (secondary N) is 2. The summed E-state index contributed by atoms with van der Waals surface area (Å²) >= 11 is 0. The molecule has 2 N–H and O–H groups in total. The van der Waals surface area contributed by atoms with Crippen LogP contribution in [0.25, 0.3) is 0 Å². The minimum absolute atomic E-state index is 0.110. The molecule has 0 bridgehead atoms. The topological polar surface area (TPSA) is 97.2 Å². The molecular weight excluding hydrogens is 260 g/mol. The largest absolute Gasteiger partial charge is 0.287 e. The van der Waals surface area contributed by atoms with Gasteiger partial charge in [0.15, 0.2) is 0 Å². The highest BCUT2D eigenvalue weighted by atomic mass is 16.6. The minimum atomic E-state index is -0.539. The van der Waals surface area contributed by atoms with Crippen LogP contribution in [0.4, 0.5) is 11.5 Å². The van der Waals surface area contributed by atoms with E-state index in [1.54, 1.807) is 12.1 Å². The van der Waals surface area contributed by atoms with Crippen LogP contribution in [0, 0.1) is 17.0 Å². The summed E-state index contributed by atoms with van der Waals surface area (Å²) in [6, 6.07) is 9.86. The third kappa shape index (κ3) is 3.08. The van der Waals surface area contributed by atoms with Crippen molar-refractivity contribution in [1.29, 1.82) is 0 Å². The summed E-state index contributed by atoms with van der Waals surface area (Å²) in [5, 5.41) is 10.5. The van der Waals surface area contributed by atoms with Crippen LogP contribution < -0.4 is 10.9 Å². The molecular formula is C13H12N4O3. The van der Waals surface area contributed by atoms with Crippen LogP contribution in [-0.4, -0.2) is 15.8 Å². The summed E-state index contributed by atoms with van der Waals surface area (Å²) in [5.74, 6) is 0.0146. The molecule has 0 aliphatic heterocycles. The Bertz CT molecular complexity index is 640. The lowest BCUT2D eigenvalue weighted by molar-refractivity contribution is -0.385. The van der Waals surface area contributed by atoms with Gasteiger partial charge in [-0.25, -0.2) is 4.98 Å². The van der Waals surface area contributed by atoms with Crippen LogP contribution in [0.3, 0.4) is 0 Å². The third-order valence-electron chi connectivity index (χ3n) is 2.65. The third-order valence-corrected chi connectivity index (χ3v) is 2.65. The second-order valence-corrected chi connectivity index (χ2v) is 4.05.